The molecular formula is C18H21NO3. The van der Waals surface area contributed by atoms with Crippen molar-refractivity contribution in [3.8, 4) is 5.75 Å². The van der Waals surface area contributed by atoms with E-state index >= 15 is 0 Å². The maximum absolute atomic E-state index is 12.0. The maximum Gasteiger partial charge on any atom is 0.251 e. The highest BCUT2D eigenvalue weighted by Crippen LogP contribution is 2.15. The second-order valence-corrected chi connectivity index (χ2v) is 5.20. The molecule has 1 unspecified atom stereocenters. The van der Waals surface area contributed by atoms with Gasteiger partial charge in [0.1, 0.15) is 12.4 Å². The Kier molecular flexibility index (Phi) is 5.98. The quantitative estimate of drug-likeness (QED) is 0.826. The highest BCUT2D eigenvalue weighted by molar-refractivity contribution is 5.94. The number of benzene rings is 2. The fourth-order valence-corrected chi connectivity index (χ4v) is 1.96. The summed E-state index contributed by atoms with van der Waals surface area (Å²) in [6, 6.07) is 17.0. The van der Waals surface area contributed by atoms with Gasteiger partial charge in [-0.2, -0.15) is 0 Å². The van der Waals surface area contributed by atoms with E-state index in [0.29, 0.717) is 30.9 Å². The molecule has 0 aliphatic carbocycles. The first kappa shape index (κ1) is 16.0. The molecule has 0 fully saturated rings. The molecule has 2 N–H and O–H groups in total. The lowest BCUT2D eigenvalue weighted by Crippen LogP contribution is -2.26. The van der Waals surface area contributed by atoms with Crippen molar-refractivity contribution in [3.05, 3.63) is 65.7 Å². The van der Waals surface area contributed by atoms with E-state index in [1.165, 1.54) is 0 Å². The molecule has 0 spiro atoms. The number of carbonyl (C=O) groups is 1. The molecule has 1 atom stereocenters. The SMILES string of the molecule is CC(O)CCNC(=O)c1cccc(OCc2ccccc2)c1. The zero-order valence-corrected chi connectivity index (χ0v) is 12.7. The van der Waals surface area contributed by atoms with Gasteiger partial charge in [-0.1, -0.05) is 36.4 Å². The van der Waals surface area contributed by atoms with E-state index in [1.54, 1.807) is 25.1 Å². The van der Waals surface area contributed by atoms with Crippen LogP contribution in [0, 0.1) is 0 Å². The zero-order chi connectivity index (χ0) is 15.8. The first-order valence-electron chi connectivity index (χ1n) is 7.38. The molecule has 22 heavy (non-hydrogen) atoms. The van der Waals surface area contributed by atoms with Crippen LogP contribution in [-0.4, -0.2) is 23.7 Å². The predicted molar refractivity (Wildman–Crippen MR) is 85.8 cm³/mol. The number of rotatable bonds is 7. The van der Waals surface area contributed by atoms with Crippen LogP contribution in [0.3, 0.4) is 0 Å². The first-order valence-corrected chi connectivity index (χ1v) is 7.38. The topological polar surface area (TPSA) is 58.6 Å². The van der Waals surface area contributed by atoms with Crippen molar-refractivity contribution < 1.29 is 14.6 Å². The van der Waals surface area contributed by atoms with Crippen LogP contribution in [0.1, 0.15) is 29.3 Å². The monoisotopic (exact) mass is 299 g/mol. The molecule has 2 rings (SSSR count). The second-order valence-electron chi connectivity index (χ2n) is 5.20. The minimum Gasteiger partial charge on any atom is -0.489 e. The van der Waals surface area contributed by atoms with E-state index in [9.17, 15) is 9.90 Å². The fourth-order valence-electron chi connectivity index (χ4n) is 1.96. The zero-order valence-electron chi connectivity index (χ0n) is 12.7. The minimum absolute atomic E-state index is 0.161. The van der Waals surface area contributed by atoms with Crippen LogP contribution >= 0.6 is 0 Å². The molecule has 0 saturated heterocycles. The Hall–Kier alpha value is -2.33. The van der Waals surface area contributed by atoms with Crippen molar-refractivity contribution in [2.24, 2.45) is 0 Å². The average molecular weight is 299 g/mol. The van der Waals surface area contributed by atoms with Gasteiger partial charge in [-0.05, 0) is 37.1 Å². The highest BCUT2D eigenvalue weighted by Gasteiger charge is 2.07. The smallest absolute Gasteiger partial charge is 0.251 e. The van der Waals surface area contributed by atoms with Crippen molar-refractivity contribution in [1.82, 2.24) is 5.32 Å². The van der Waals surface area contributed by atoms with Gasteiger partial charge < -0.3 is 15.2 Å². The third-order valence-corrected chi connectivity index (χ3v) is 3.19. The highest BCUT2D eigenvalue weighted by atomic mass is 16.5. The van der Waals surface area contributed by atoms with Crippen molar-refractivity contribution in [3.63, 3.8) is 0 Å². The molecule has 0 aliphatic rings. The van der Waals surface area contributed by atoms with Gasteiger partial charge in [-0.3, -0.25) is 4.79 Å². The number of hydrogen-bond donors (Lipinski definition) is 2. The van der Waals surface area contributed by atoms with Gasteiger partial charge in [0.2, 0.25) is 0 Å². The van der Waals surface area contributed by atoms with Gasteiger partial charge >= 0.3 is 0 Å². The van der Waals surface area contributed by atoms with Crippen LogP contribution in [0.4, 0.5) is 0 Å². The summed E-state index contributed by atoms with van der Waals surface area (Å²) < 4.78 is 5.71. The Labute approximate surface area is 130 Å². The lowest BCUT2D eigenvalue weighted by Gasteiger charge is -2.09. The average Bonchev–Trinajstić information content (AvgIpc) is 2.54. The van der Waals surface area contributed by atoms with Crippen molar-refractivity contribution in [1.29, 1.82) is 0 Å². The molecule has 0 aliphatic heterocycles. The molecule has 116 valence electrons. The lowest BCUT2D eigenvalue weighted by molar-refractivity contribution is 0.0945. The van der Waals surface area contributed by atoms with E-state index in [4.69, 9.17) is 4.74 Å². The minimum atomic E-state index is -0.416. The van der Waals surface area contributed by atoms with E-state index < -0.39 is 6.10 Å². The van der Waals surface area contributed by atoms with E-state index in [2.05, 4.69) is 5.32 Å². The summed E-state index contributed by atoms with van der Waals surface area (Å²) in [5.41, 5.74) is 1.63. The largest absolute Gasteiger partial charge is 0.489 e. The standard InChI is InChI=1S/C18H21NO3/c1-14(20)10-11-19-18(21)16-8-5-9-17(12-16)22-13-15-6-3-2-4-7-15/h2-9,12,14,20H,10-11,13H2,1H3,(H,19,21). The molecule has 1 amide bonds. The number of ether oxygens (including phenoxy) is 1. The predicted octanol–water partition coefficient (Wildman–Crippen LogP) is 2.77. The molecule has 0 heterocycles. The summed E-state index contributed by atoms with van der Waals surface area (Å²) in [7, 11) is 0. The van der Waals surface area contributed by atoms with E-state index in [-0.39, 0.29) is 5.91 Å². The van der Waals surface area contributed by atoms with Crippen LogP contribution in [0.15, 0.2) is 54.6 Å². The van der Waals surface area contributed by atoms with Crippen molar-refractivity contribution in [2.45, 2.75) is 26.1 Å². The van der Waals surface area contributed by atoms with Gasteiger partial charge in [-0.15, -0.1) is 0 Å². The van der Waals surface area contributed by atoms with Gasteiger partial charge in [0.15, 0.2) is 0 Å². The van der Waals surface area contributed by atoms with Crippen LogP contribution in [0.5, 0.6) is 5.75 Å². The summed E-state index contributed by atoms with van der Waals surface area (Å²) in [6.07, 6.45) is 0.122. The molecule has 0 radical (unpaired) electrons. The van der Waals surface area contributed by atoms with Crippen molar-refractivity contribution in [2.75, 3.05) is 6.54 Å². The number of hydrogen-bond acceptors (Lipinski definition) is 3. The summed E-state index contributed by atoms with van der Waals surface area (Å²) >= 11 is 0. The van der Waals surface area contributed by atoms with Gasteiger partial charge in [-0.25, -0.2) is 0 Å². The van der Waals surface area contributed by atoms with Gasteiger partial charge in [0.05, 0.1) is 6.10 Å². The Balaban J connectivity index is 1.90. The number of aliphatic hydroxyl groups is 1. The van der Waals surface area contributed by atoms with E-state index in [1.807, 2.05) is 36.4 Å². The molecule has 4 nitrogen and oxygen atoms in total. The number of amides is 1. The van der Waals surface area contributed by atoms with Crippen LogP contribution in [-0.2, 0) is 6.61 Å². The first-order chi connectivity index (χ1) is 10.6. The summed E-state index contributed by atoms with van der Waals surface area (Å²) in [5, 5.41) is 12.0. The molecule has 2 aromatic rings. The second kappa shape index (κ2) is 8.20. The van der Waals surface area contributed by atoms with Gasteiger partial charge in [0.25, 0.3) is 5.91 Å². The Morgan fingerprint density at radius 1 is 1.18 bits per heavy atom. The van der Waals surface area contributed by atoms with E-state index in [0.717, 1.165) is 5.56 Å². The number of aliphatic hydroxyl groups excluding tert-OH is 1. The summed E-state index contributed by atoms with van der Waals surface area (Å²) in [4.78, 5) is 12.0. The number of nitrogens with one attached hydrogen (secondary N) is 1. The molecule has 4 heteroatoms. The number of carbonyl (C=O) groups excluding carboxylic acids is 1. The normalized spacial score (nSPS) is 11.7. The molecular weight excluding hydrogens is 278 g/mol. The third-order valence-electron chi connectivity index (χ3n) is 3.19. The lowest BCUT2D eigenvalue weighted by atomic mass is 10.2. The summed E-state index contributed by atoms with van der Waals surface area (Å²) in [6.45, 7) is 2.61. The van der Waals surface area contributed by atoms with Crippen LogP contribution < -0.4 is 10.1 Å². The Morgan fingerprint density at radius 3 is 2.68 bits per heavy atom. The molecule has 0 bridgehead atoms. The molecule has 0 aromatic heterocycles. The van der Waals surface area contributed by atoms with Crippen LogP contribution in [0.25, 0.3) is 0 Å². The van der Waals surface area contributed by atoms with Gasteiger partial charge in [0, 0.05) is 12.1 Å². The van der Waals surface area contributed by atoms with Crippen molar-refractivity contribution >= 4 is 5.91 Å². The van der Waals surface area contributed by atoms with Crippen LogP contribution in [0.2, 0.25) is 0 Å². The molecule has 2 aromatic carbocycles. The molecule has 0 saturated carbocycles. The Bertz CT molecular complexity index is 596. The maximum atomic E-state index is 12.0. The fraction of sp³-hybridized carbons (Fsp3) is 0.278. The summed E-state index contributed by atoms with van der Waals surface area (Å²) in [5.74, 6) is 0.498. The Morgan fingerprint density at radius 2 is 1.95 bits per heavy atom. The third kappa shape index (κ3) is 5.22.